The number of methoxy groups -OCH3 is 3. The van der Waals surface area contributed by atoms with Crippen LogP contribution < -0.4 is 18.9 Å². The van der Waals surface area contributed by atoms with Crippen LogP contribution in [0.2, 0.25) is 0 Å². The number of benzene rings is 2. The molecule has 2 amide bonds. The number of nitro benzene ring substituents is 2. The number of carbonyl (C=O) groups is 3. The van der Waals surface area contributed by atoms with E-state index in [-0.39, 0.29) is 69.5 Å². The summed E-state index contributed by atoms with van der Waals surface area (Å²) in [5.74, 6) is 1.05. The molecule has 16 nitrogen and oxygen atoms in total. The van der Waals surface area contributed by atoms with Crippen LogP contribution in [-0.2, 0) is 9.53 Å². The standard InChI is InChI=1S/C39H54N4O12S2/c1-6-56-39(57-7-2)29-17-15-19-41(29)37(45)27-23-33(52-4)35(25-31(27)43(49)50)55-21-13-11-9-8-10-12-20-54-34-24-30(42(47)48)26(22-32(34)51-3)36(44)40-18-14-16-28(40)38(46)53-5/h22-25,28-29,39H,6-21H2,1-5H3/t28-,29-/m0/s1. The summed E-state index contributed by atoms with van der Waals surface area (Å²) in [6.07, 6.45) is 7.52. The van der Waals surface area contributed by atoms with E-state index in [9.17, 15) is 34.6 Å². The number of rotatable bonds is 23. The molecule has 2 aromatic carbocycles. The summed E-state index contributed by atoms with van der Waals surface area (Å²) in [5.41, 5.74) is -0.945. The van der Waals surface area contributed by atoms with Crippen LogP contribution >= 0.6 is 23.5 Å². The van der Waals surface area contributed by atoms with Crippen molar-refractivity contribution in [2.24, 2.45) is 0 Å². The third-order valence-electron chi connectivity index (χ3n) is 9.99. The number of nitro groups is 2. The molecule has 2 aliphatic heterocycles. The number of hydrogen-bond acceptors (Lipinski definition) is 14. The molecular formula is C39H54N4O12S2. The quantitative estimate of drug-likeness (QED) is 0.0351. The fraction of sp³-hybridized carbons (Fsp3) is 0.615. The summed E-state index contributed by atoms with van der Waals surface area (Å²) in [7, 11) is 4.06. The van der Waals surface area contributed by atoms with Crippen molar-refractivity contribution in [3.8, 4) is 23.0 Å². The summed E-state index contributed by atoms with van der Waals surface area (Å²) in [6, 6.07) is 4.38. The molecule has 18 heteroatoms. The van der Waals surface area contributed by atoms with Crippen molar-refractivity contribution in [2.75, 3.05) is 59.1 Å². The fourth-order valence-corrected chi connectivity index (χ4v) is 10.1. The van der Waals surface area contributed by atoms with Gasteiger partial charge in [-0.25, -0.2) is 4.79 Å². The summed E-state index contributed by atoms with van der Waals surface area (Å²) < 4.78 is 27.7. The molecule has 0 bridgehead atoms. The van der Waals surface area contributed by atoms with E-state index in [2.05, 4.69) is 13.8 Å². The van der Waals surface area contributed by atoms with Crippen molar-refractivity contribution in [3.05, 3.63) is 55.6 Å². The van der Waals surface area contributed by atoms with E-state index in [1.165, 1.54) is 50.5 Å². The average molecular weight is 835 g/mol. The molecule has 0 aliphatic carbocycles. The Balaban J connectivity index is 1.25. The van der Waals surface area contributed by atoms with E-state index < -0.39 is 33.5 Å². The number of ether oxygens (including phenoxy) is 5. The molecule has 2 aliphatic rings. The predicted octanol–water partition coefficient (Wildman–Crippen LogP) is 7.53. The van der Waals surface area contributed by atoms with Crippen LogP contribution in [-0.4, -0.2) is 113 Å². The Morgan fingerprint density at radius 2 is 1.16 bits per heavy atom. The van der Waals surface area contributed by atoms with Crippen LogP contribution in [0.5, 0.6) is 23.0 Å². The van der Waals surface area contributed by atoms with E-state index in [4.69, 9.17) is 23.7 Å². The van der Waals surface area contributed by atoms with Gasteiger partial charge in [-0.05, 0) is 50.0 Å². The second kappa shape index (κ2) is 22.5. The molecule has 0 spiro atoms. The first-order chi connectivity index (χ1) is 27.5. The SMILES string of the molecule is CCSC(SCC)[C@@H]1CCCN1C(=O)c1cc(OC)c(OCCCCCCCCOc2cc([N+](=O)[O-])c(C(=O)N3CCC[C@H]3C(=O)OC)cc2OC)cc1[N+](=O)[O-]. The summed E-state index contributed by atoms with van der Waals surface area (Å²) >= 11 is 3.61. The van der Waals surface area contributed by atoms with Gasteiger partial charge in [0.25, 0.3) is 23.2 Å². The second-order valence-corrected chi connectivity index (χ2v) is 16.7. The van der Waals surface area contributed by atoms with E-state index in [1.807, 2.05) is 0 Å². The molecule has 2 heterocycles. The highest BCUT2D eigenvalue weighted by Crippen LogP contribution is 2.40. The minimum atomic E-state index is -0.805. The minimum Gasteiger partial charge on any atom is -0.493 e. The zero-order chi connectivity index (χ0) is 41.5. The molecule has 0 radical (unpaired) electrons. The molecule has 0 unspecified atom stereocenters. The van der Waals surface area contributed by atoms with Crippen molar-refractivity contribution in [1.29, 1.82) is 0 Å². The van der Waals surface area contributed by atoms with Crippen molar-refractivity contribution >= 4 is 52.7 Å². The molecule has 2 saturated heterocycles. The van der Waals surface area contributed by atoms with Crippen LogP contribution in [0.4, 0.5) is 11.4 Å². The first-order valence-electron chi connectivity index (χ1n) is 19.4. The van der Waals surface area contributed by atoms with Crippen LogP contribution in [0.3, 0.4) is 0 Å². The Morgan fingerprint density at radius 1 is 0.702 bits per heavy atom. The largest absolute Gasteiger partial charge is 0.493 e. The number of nitrogens with zero attached hydrogens (tertiary/aromatic N) is 4. The van der Waals surface area contributed by atoms with Crippen molar-refractivity contribution in [2.45, 2.75) is 94.7 Å². The van der Waals surface area contributed by atoms with Gasteiger partial charge in [-0.2, -0.15) is 0 Å². The number of hydrogen-bond donors (Lipinski definition) is 0. The van der Waals surface area contributed by atoms with Crippen LogP contribution in [0.1, 0.15) is 98.8 Å². The van der Waals surface area contributed by atoms with Gasteiger partial charge < -0.3 is 33.5 Å². The van der Waals surface area contributed by atoms with Crippen LogP contribution in [0.25, 0.3) is 0 Å². The number of esters is 1. The Kier molecular flexibility index (Phi) is 17.8. The van der Waals surface area contributed by atoms with Gasteiger partial charge in [-0.15, -0.1) is 23.5 Å². The maximum atomic E-state index is 13.8. The molecule has 2 atom stereocenters. The third kappa shape index (κ3) is 11.6. The van der Waals surface area contributed by atoms with Crippen LogP contribution in [0.15, 0.2) is 24.3 Å². The maximum absolute atomic E-state index is 13.8. The highest BCUT2D eigenvalue weighted by molar-refractivity contribution is 8.17. The lowest BCUT2D eigenvalue weighted by Gasteiger charge is -2.31. The molecule has 0 N–H and O–H groups in total. The predicted molar refractivity (Wildman–Crippen MR) is 218 cm³/mol. The summed E-state index contributed by atoms with van der Waals surface area (Å²) in [4.78, 5) is 65.4. The minimum absolute atomic E-state index is 0.00159. The number of unbranched alkanes of at least 4 members (excludes halogenated alkanes) is 5. The highest BCUT2D eigenvalue weighted by atomic mass is 32.2. The number of carbonyl (C=O) groups excluding carboxylic acids is 3. The monoisotopic (exact) mass is 834 g/mol. The zero-order valence-electron chi connectivity index (χ0n) is 33.4. The Labute approximate surface area is 341 Å². The third-order valence-corrected chi connectivity index (χ3v) is 12.8. The van der Waals surface area contributed by atoms with E-state index in [1.54, 1.807) is 28.4 Å². The Hall–Kier alpha value is -4.45. The van der Waals surface area contributed by atoms with E-state index in [0.29, 0.717) is 38.8 Å². The van der Waals surface area contributed by atoms with Gasteiger partial charge in [0, 0.05) is 25.2 Å². The van der Waals surface area contributed by atoms with Gasteiger partial charge in [-0.1, -0.05) is 39.5 Å². The number of thioether (sulfide) groups is 2. The van der Waals surface area contributed by atoms with Crippen molar-refractivity contribution < 1.29 is 47.9 Å². The summed E-state index contributed by atoms with van der Waals surface area (Å²) in [6.45, 7) is 5.59. The van der Waals surface area contributed by atoms with E-state index in [0.717, 1.165) is 50.0 Å². The van der Waals surface area contributed by atoms with Gasteiger partial charge in [0.1, 0.15) is 17.2 Å². The molecular weight excluding hydrogens is 781 g/mol. The molecule has 2 fully saturated rings. The lowest BCUT2D eigenvalue weighted by atomic mass is 10.1. The molecule has 2 aromatic rings. The zero-order valence-corrected chi connectivity index (χ0v) is 35.0. The molecule has 0 aromatic heterocycles. The van der Waals surface area contributed by atoms with Gasteiger partial charge in [0.2, 0.25) is 0 Å². The van der Waals surface area contributed by atoms with Crippen molar-refractivity contribution in [3.63, 3.8) is 0 Å². The lowest BCUT2D eigenvalue weighted by Crippen LogP contribution is -2.41. The first kappa shape index (κ1) is 45.3. The molecule has 57 heavy (non-hydrogen) atoms. The Morgan fingerprint density at radius 3 is 1.61 bits per heavy atom. The van der Waals surface area contributed by atoms with Gasteiger partial charge in [0.05, 0.1) is 67.1 Å². The number of amides is 2. The number of likely N-dealkylation sites (tertiary alicyclic amines) is 2. The Bertz CT molecular complexity index is 1720. The topological polar surface area (TPSA) is 190 Å². The normalized spacial score (nSPS) is 16.5. The smallest absolute Gasteiger partial charge is 0.328 e. The lowest BCUT2D eigenvalue weighted by molar-refractivity contribution is -0.385. The van der Waals surface area contributed by atoms with E-state index >= 15 is 0 Å². The van der Waals surface area contributed by atoms with Crippen LogP contribution in [0, 0.1) is 20.2 Å². The fourth-order valence-electron chi connectivity index (χ4n) is 7.19. The van der Waals surface area contributed by atoms with Gasteiger partial charge in [-0.3, -0.25) is 29.8 Å². The van der Waals surface area contributed by atoms with Gasteiger partial charge >= 0.3 is 5.97 Å². The highest BCUT2D eigenvalue weighted by Gasteiger charge is 2.40. The molecule has 314 valence electrons. The average Bonchev–Trinajstić information content (AvgIpc) is 3.91. The summed E-state index contributed by atoms with van der Waals surface area (Å²) in [5, 5.41) is 24.2. The van der Waals surface area contributed by atoms with Gasteiger partial charge in [0.15, 0.2) is 23.0 Å². The molecule has 4 rings (SSSR count). The molecule has 0 saturated carbocycles. The second-order valence-electron chi connectivity index (χ2n) is 13.5. The maximum Gasteiger partial charge on any atom is 0.328 e. The van der Waals surface area contributed by atoms with Crippen molar-refractivity contribution in [1.82, 2.24) is 9.80 Å². The first-order valence-corrected chi connectivity index (χ1v) is 21.5.